The van der Waals surface area contributed by atoms with Gasteiger partial charge in [0.25, 0.3) is 0 Å². The Balaban J connectivity index is 4.38. The highest BCUT2D eigenvalue weighted by Gasteiger charge is 2.21. The predicted octanol–water partition coefficient (Wildman–Crippen LogP) is 4.08. The van der Waals surface area contributed by atoms with E-state index in [2.05, 4.69) is 23.9 Å². The van der Waals surface area contributed by atoms with Crippen LogP contribution in [0.4, 0.5) is 0 Å². The van der Waals surface area contributed by atoms with E-state index in [1.165, 1.54) is 0 Å². The van der Waals surface area contributed by atoms with Crippen LogP contribution >= 0.6 is 0 Å². The van der Waals surface area contributed by atoms with E-state index in [4.69, 9.17) is 10.3 Å². The molecule has 0 aliphatic heterocycles. The SMILES string of the molecule is CC[C@H](C)C[C@H](CN=[N+]=[N-])CC(=O)OC(C)(C)C. The van der Waals surface area contributed by atoms with Gasteiger partial charge in [0, 0.05) is 17.9 Å². The van der Waals surface area contributed by atoms with Crippen molar-refractivity contribution in [2.24, 2.45) is 17.0 Å². The number of hydrogen-bond acceptors (Lipinski definition) is 3. The lowest BCUT2D eigenvalue weighted by Gasteiger charge is -2.22. The third-order valence-corrected chi connectivity index (χ3v) is 2.71. The van der Waals surface area contributed by atoms with Gasteiger partial charge in [-0.1, -0.05) is 25.4 Å². The summed E-state index contributed by atoms with van der Waals surface area (Å²) in [5.41, 5.74) is 7.91. The van der Waals surface area contributed by atoms with Crippen molar-refractivity contribution in [1.29, 1.82) is 0 Å². The van der Waals surface area contributed by atoms with Gasteiger partial charge in [0.1, 0.15) is 5.60 Å². The topological polar surface area (TPSA) is 75.1 Å². The molecule has 0 saturated carbocycles. The van der Waals surface area contributed by atoms with E-state index >= 15 is 0 Å². The summed E-state index contributed by atoms with van der Waals surface area (Å²) < 4.78 is 5.29. The Morgan fingerprint density at radius 2 is 2.06 bits per heavy atom. The second kappa shape index (κ2) is 7.98. The quantitative estimate of drug-likeness (QED) is 0.297. The molecule has 0 heterocycles. The van der Waals surface area contributed by atoms with E-state index in [0.717, 1.165) is 12.8 Å². The number of carbonyl (C=O) groups excluding carboxylic acids is 1. The Morgan fingerprint density at radius 3 is 2.50 bits per heavy atom. The number of carbonyl (C=O) groups is 1. The van der Waals surface area contributed by atoms with Gasteiger partial charge >= 0.3 is 5.97 Å². The first-order valence-electron chi connectivity index (χ1n) is 6.51. The first-order valence-corrected chi connectivity index (χ1v) is 6.51. The number of hydrogen-bond donors (Lipinski definition) is 0. The van der Waals surface area contributed by atoms with Crippen molar-refractivity contribution in [2.75, 3.05) is 6.54 Å². The molecule has 0 amide bonds. The van der Waals surface area contributed by atoms with Crippen LogP contribution in [0.1, 0.15) is 53.9 Å². The molecule has 0 aromatic heterocycles. The monoisotopic (exact) mass is 255 g/mol. The van der Waals surface area contributed by atoms with Crippen molar-refractivity contribution in [3.63, 3.8) is 0 Å². The zero-order chi connectivity index (χ0) is 14.2. The van der Waals surface area contributed by atoms with Crippen LogP contribution in [0.15, 0.2) is 5.11 Å². The molecule has 0 N–H and O–H groups in total. The molecular formula is C13H25N3O2. The highest BCUT2D eigenvalue weighted by molar-refractivity contribution is 5.70. The number of nitrogens with zero attached hydrogens (tertiary/aromatic N) is 3. The highest BCUT2D eigenvalue weighted by atomic mass is 16.6. The van der Waals surface area contributed by atoms with Gasteiger partial charge in [-0.05, 0) is 44.6 Å². The summed E-state index contributed by atoms with van der Waals surface area (Å²) in [4.78, 5) is 14.5. The van der Waals surface area contributed by atoms with Gasteiger partial charge in [0.15, 0.2) is 0 Å². The smallest absolute Gasteiger partial charge is 0.306 e. The van der Waals surface area contributed by atoms with Crippen molar-refractivity contribution < 1.29 is 9.53 Å². The van der Waals surface area contributed by atoms with Crippen LogP contribution in [0.3, 0.4) is 0 Å². The Kier molecular flexibility index (Phi) is 7.44. The van der Waals surface area contributed by atoms with Gasteiger partial charge in [0.2, 0.25) is 0 Å². The van der Waals surface area contributed by atoms with Crippen LogP contribution in [0.5, 0.6) is 0 Å². The number of ether oxygens (including phenoxy) is 1. The average molecular weight is 255 g/mol. The zero-order valence-corrected chi connectivity index (χ0v) is 12.1. The standard InChI is InChI=1S/C13H25N3O2/c1-6-10(2)7-11(9-15-16-14)8-12(17)18-13(3,4)5/h10-11H,6-9H2,1-5H3/t10-,11-/m0/s1. The van der Waals surface area contributed by atoms with E-state index in [-0.39, 0.29) is 11.9 Å². The Morgan fingerprint density at radius 1 is 1.44 bits per heavy atom. The van der Waals surface area contributed by atoms with Gasteiger partial charge in [-0.25, -0.2) is 0 Å². The maximum absolute atomic E-state index is 11.7. The fourth-order valence-corrected chi connectivity index (χ4v) is 1.73. The van der Waals surface area contributed by atoms with Gasteiger partial charge in [-0.3, -0.25) is 4.79 Å². The largest absolute Gasteiger partial charge is 0.460 e. The van der Waals surface area contributed by atoms with E-state index in [1.807, 2.05) is 20.8 Å². The van der Waals surface area contributed by atoms with Crippen molar-refractivity contribution in [3.8, 4) is 0 Å². The molecular weight excluding hydrogens is 230 g/mol. The molecule has 0 fully saturated rings. The third kappa shape index (κ3) is 8.88. The normalized spacial score (nSPS) is 14.5. The summed E-state index contributed by atoms with van der Waals surface area (Å²) in [6.45, 7) is 10.2. The highest BCUT2D eigenvalue weighted by Crippen LogP contribution is 2.20. The van der Waals surface area contributed by atoms with Crippen LogP contribution in [-0.4, -0.2) is 18.1 Å². The number of esters is 1. The van der Waals surface area contributed by atoms with Gasteiger partial charge < -0.3 is 4.74 Å². The second-order valence-corrected chi connectivity index (χ2v) is 5.82. The van der Waals surface area contributed by atoms with Crippen LogP contribution in [0.2, 0.25) is 0 Å². The molecule has 0 saturated heterocycles. The van der Waals surface area contributed by atoms with Crippen LogP contribution in [-0.2, 0) is 9.53 Å². The minimum Gasteiger partial charge on any atom is -0.460 e. The first-order chi connectivity index (χ1) is 8.28. The molecule has 5 heteroatoms. The molecule has 0 rings (SSSR count). The van der Waals surface area contributed by atoms with Crippen LogP contribution in [0.25, 0.3) is 10.4 Å². The molecule has 0 spiro atoms. The lowest BCUT2D eigenvalue weighted by Crippen LogP contribution is -2.26. The molecule has 18 heavy (non-hydrogen) atoms. The predicted molar refractivity (Wildman–Crippen MR) is 72.0 cm³/mol. The second-order valence-electron chi connectivity index (χ2n) is 5.82. The minimum absolute atomic E-state index is 0.0747. The summed E-state index contributed by atoms with van der Waals surface area (Å²) >= 11 is 0. The first kappa shape index (κ1) is 16.8. The number of rotatable bonds is 7. The van der Waals surface area contributed by atoms with Gasteiger partial charge in [-0.2, -0.15) is 0 Å². The van der Waals surface area contributed by atoms with Gasteiger partial charge in [-0.15, -0.1) is 0 Å². The van der Waals surface area contributed by atoms with Crippen LogP contribution < -0.4 is 0 Å². The molecule has 0 bridgehead atoms. The summed E-state index contributed by atoms with van der Waals surface area (Å²) in [6, 6.07) is 0. The lowest BCUT2D eigenvalue weighted by atomic mass is 9.91. The lowest BCUT2D eigenvalue weighted by molar-refractivity contribution is -0.156. The van der Waals surface area contributed by atoms with E-state index < -0.39 is 5.60 Å². The average Bonchev–Trinajstić information content (AvgIpc) is 2.22. The Hall–Kier alpha value is -1.22. The molecule has 104 valence electrons. The minimum atomic E-state index is -0.462. The van der Waals surface area contributed by atoms with E-state index in [9.17, 15) is 4.79 Å². The fraction of sp³-hybridized carbons (Fsp3) is 0.923. The Labute approximate surface area is 110 Å². The third-order valence-electron chi connectivity index (χ3n) is 2.71. The molecule has 0 radical (unpaired) electrons. The molecule has 0 unspecified atom stereocenters. The molecule has 0 aliphatic rings. The van der Waals surface area contributed by atoms with Gasteiger partial charge in [0.05, 0.1) is 0 Å². The summed E-state index contributed by atoms with van der Waals surface area (Å²) in [7, 11) is 0. The molecule has 0 aromatic carbocycles. The van der Waals surface area contributed by atoms with Crippen molar-refractivity contribution in [3.05, 3.63) is 10.4 Å². The van der Waals surface area contributed by atoms with Crippen molar-refractivity contribution >= 4 is 5.97 Å². The molecule has 5 nitrogen and oxygen atoms in total. The van der Waals surface area contributed by atoms with Crippen LogP contribution in [0, 0.1) is 11.8 Å². The summed E-state index contributed by atoms with van der Waals surface area (Å²) in [6.07, 6.45) is 2.26. The summed E-state index contributed by atoms with van der Waals surface area (Å²) in [5.74, 6) is 0.376. The maximum atomic E-state index is 11.7. The van der Waals surface area contributed by atoms with E-state index in [1.54, 1.807) is 0 Å². The maximum Gasteiger partial charge on any atom is 0.306 e. The Bertz CT molecular complexity index is 304. The van der Waals surface area contributed by atoms with Crippen molar-refractivity contribution in [2.45, 2.75) is 59.5 Å². The molecule has 2 atom stereocenters. The van der Waals surface area contributed by atoms with Crippen molar-refractivity contribution in [1.82, 2.24) is 0 Å². The molecule has 0 aromatic rings. The molecule has 0 aliphatic carbocycles. The zero-order valence-electron chi connectivity index (χ0n) is 12.1. The fourth-order valence-electron chi connectivity index (χ4n) is 1.73. The van der Waals surface area contributed by atoms with E-state index in [0.29, 0.717) is 18.9 Å². The summed E-state index contributed by atoms with van der Waals surface area (Å²) in [5, 5.41) is 3.58. The number of azide groups is 1.